The first-order chi connectivity index (χ1) is 19.4. The summed E-state index contributed by atoms with van der Waals surface area (Å²) in [6.45, 7) is 1.84. The molecule has 41 heavy (non-hydrogen) atoms. The maximum atomic E-state index is 12.9. The van der Waals surface area contributed by atoms with Crippen molar-refractivity contribution in [3.8, 4) is 0 Å². The molecule has 3 amide bonds. The summed E-state index contributed by atoms with van der Waals surface area (Å²) in [5.74, 6) is -2.92. The predicted molar refractivity (Wildman–Crippen MR) is 134 cm³/mol. The van der Waals surface area contributed by atoms with E-state index in [0.717, 1.165) is 29.3 Å². The summed E-state index contributed by atoms with van der Waals surface area (Å²) in [4.78, 5) is 63.5. The second kappa shape index (κ2) is 12.5. The number of carbonyl (C=O) groups excluding carboxylic acids is 3. The minimum atomic E-state index is -1.84. The molecule has 0 saturated carbocycles. The van der Waals surface area contributed by atoms with E-state index in [2.05, 4.69) is 10.6 Å². The van der Waals surface area contributed by atoms with Crippen LogP contribution in [0.2, 0.25) is 0 Å². The van der Waals surface area contributed by atoms with Gasteiger partial charge < -0.3 is 50.6 Å². The molecule has 4 rings (SSSR count). The van der Waals surface area contributed by atoms with Gasteiger partial charge in [-0.15, -0.1) is 0 Å². The highest BCUT2D eigenvalue weighted by atomic mass is 16.7. The average molecular weight is 587 g/mol. The van der Waals surface area contributed by atoms with Crippen LogP contribution in [0.5, 0.6) is 0 Å². The fourth-order valence-corrected chi connectivity index (χ4v) is 4.93. The van der Waals surface area contributed by atoms with Crippen LogP contribution in [-0.4, -0.2) is 105 Å². The highest BCUT2D eigenvalue weighted by molar-refractivity contribution is 5.95. The maximum absolute atomic E-state index is 12.9. The molecule has 0 unspecified atom stereocenters. The molecular weight excluding hydrogens is 553 g/mol. The van der Waals surface area contributed by atoms with Gasteiger partial charge in [0.05, 0.1) is 0 Å². The van der Waals surface area contributed by atoms with Crippen molar-refractivity contribution in [2.75, 3.05) is 7.11 Å². The van der Waals surface area contributed by atoms with Crippen LogP contribution in [0.1, 0.15) is 32.4 Å². The Kier molecular flexibility index (Phi) is 9.25. The number of ether oxygens (including phenoxy) is 4. The highest BCUT2D eigenvalue weighted by Gasteiger charge is 2.52. The molecule has 3 aliphatic heterocycles. The fourth-order valence-electron chi connectivity index (χ4n) is 4.93. The predicted octanol–water partition coefficient (Wildman–Crippen LogP) is -4.18. The van der Waals surface area contributed by atoms with E-state index in [4.69, 9.17) is 24.7 Å². The van der Waals surface area contributed by atoms with E-state index in [0.29, 0.717) is 12.8 Å². The van der Waals surface area contributed by atoms with E-state index in [1.807, 2.05) is 11.9 Å². The number of primary amides is 1. The SMILES string of the molecule is [13CH3]O[C@H]1[C@@H](O)[C@H](n2ccc(=O)[nH]c2=O)O[C@@H]1[C@@H](O[C@H]1OC(C(=O)N[C@H]2CCC[C@@H]([13CH3])NC2=O)=C[C@H](O)[C@@H]1O)[13C](N)=O. The molecule has 226 valence electrons. The number of nitrogens with two attached hydrogens (primary N) is 1. The van der Waals surface area contributed by atoms with Crippen molar-refractivity contribution in [2.45, 2.75) is 87.4 Å². The Morgan fingerprint density at radius 2 is 1.93 bits per heavy atom. The summed E-state index contributed by atoms with van der Waals surface area (Å²) in [5.41, 5.74) is 3.92. The van der Waals surface area contributed by atoms with Crippen LogP contribution < -0.4 is 27.6 Å². The van der Waals surface area contributed by atoms with Crippen LogP contribution in [0.3, 0.4) is 0 Å². The van der Waals surface area contributed by atoms with Gasteiger partial charge >= 0.3 is 5.69 Å². The Balaban J connectivity index is 1.51. The molecule has 0 aliphatic carbocycles. The number of hydrogen-bond donors (Lipinski definition) is 7. The zero-order valence-electron chi connectivity index (χ0n) is 22.2. The van der Waals surface area contributed by atoms with E-state index in [1.165, 1.54) is 7.11 Å². The first-order valence-electron chi connectivity index (χ1n) is 12.9. The van der Waals surface area contributed by atoms with Gasteiger partial charge in [-0.05, 0) is 32.3 Å². The molecule has 0 bridgehead atoms. The van der Waals surface area contributed by atoms with Crippen LogP contribution in [0.15, 0.2) is 33.7 Å². The lowest BCUT2D eigenvalue weighted by atomic mass is 10.1. The average Bonchev–Trinajstić information content (AvgIpc) is 3.14. The van der Waals surface area contributed by atoms with Gasteiger partial charge in [-0.2, -0.15) is 0 Å². The van der Waals surface area contributed by atoms with Crippen LogP contribution in [-0.2, 0) is 33.3 Å². The maximum Gasteiger partial charge on any atom is 0.330 e. The number of amides is 3. The van der Waals surface area contributed by atoms with Crippen molar-refractivity contribution in [3.63, 3.8) is 0 Å². The molecule has 10 atom stereocenters. The molecule has 17 nitrogen and oxygen atoms in total. The van der Waals surface area contributed by atoms with Crippen LogP contribution >= 0.6 is 0 Å². The van der Waals surface area contributed by atoms with Crippen molar-refractivity contribution in [1.82, 2.24) is 20.2 Å². The van der Waals surface area contributed by atoms with Crippen LogP contribution in [0.4, 0.5) is 0 Å². The van der Waals surface area contributed by atoms with Crippen LogP contribution in [0.25, 0.3) is 0 Å². The number of rotatable bonds is 8. The van der Waals surface area contributed by atoms with Gasteiger partial charge in [0.1, 0.15) is 36.6 Å². The lowest BCUT2D eigenvalue weighted by Gasteiger charge is -2.35. The number of aliphatic hydroxyl groups excluding tert-OH is 3. The number of nitrogens with zero attached hydrogens (tertiary/aromatic N) is 1. The van der Waals surface area contributed by atoms with Crippen LogP contribution in [0, 0.1) is 0 Å². The lowest BCUT2D eigenvalue weighted by Crippen LogP contribution is -2.54. The number of carbonyl (C=O) groups is 3. The number of nitrogens with one attached hydrogen (secondary N) is 3. The largest absolute Gasteiger partial charge is 0.456 e. The topological polar surface area (TPSA) is 254 Å². The number of aromatic amines is 1. The molecular formula is C24H33N5O12. The molecule has 0 radical (unpaired) electrons. The molecule has 3 aliphatic rings. The number of methoxy groups -OCH3 is 1. The van der Waals surface area contributed by atoms with Gasteiger partial charge in [0, 0.05) is 25.4 Å². The molecule has 8 N–H and O–H groups in total. The zero-order valence-corrected chi connectivity index (χ0v) is 22.2. The number of aliphatic hydroxyl groups is 3. The molecule has 0 spiro atoms. The van der Waals surface area contributed by atoms with E-state index < -0.39 is 84.0 Å². The van der Waals surface area contributed by atoms with Gasteiger partial charge in [-0.1, -0.05) is 0 Å². The quantitative estimate of drug-likeness (QED) is 0.143. The van der Waals surface area contributed by atoms with Crippen molar-refractivity contribution in [1.29, 1.82) is 0 Å². The third-order valence-electron chi connectivity index (χ3n) is 7.06. The molecule has 2 fully saturated rings. The molecule has 1 aromatic rings. The molecule has 4 heterocycles. The zero-order chi connectivity index (χ0) is 30.0. The van der Waals surface area contributed by atoms with Crippen molar-refractivity contribution in [2.24, 2.45) is 5.73 Å². The first-order valence-corrected chi connectivity index (χ1v) is 12.9. The molecule has 17 heteroatoms. The number of aromatic nitrogens is 2. The van der Waals surface area contributed by atoms with E-state index in [1.54, 1.807) is 0 Å². The summed E-state index contributed by atoms with van der Waals surface area (Å²) in [6, 6.07) is 0.0768. The van der Waals surface area contributed by atoms with E-state index >= 15 is 0 Å². The van der Waals surface area contributed by atoms with Gasteiger partial charge in [0.15, 0.2) is 18.1 Å². The first kappa shape index (κ1) is 30.4. The molecule has 0 aromatic carbocycles. The van der Waals surface area contributed by atoms with Gasteiger partial charge in [0.2, 0.25) is 18.1 Å². The Bertz CT molecular complexity index is 1300. The fraction of sp³-hybridized carbons (Fsp3) is 0.625. The van der Waals surface area contributed by atoms with Crippen molar-refractivity contribution >= 4 is 17.7 Å². The standard InChI is InChI=1S/C24H33N5O12/c1-9-4-3-5-10(20(35)26-9)27-21(36)12-8-11(30)14(32)23(39-12)41-18(19(25)34)17-16(38-2)15(33)22(40-17)29-7-6-13(31)28-24(29)37/h6-11,14-18,22-23,30,32-33H,3-5H2,1-2H3,(H2,25,34)(H,26,35)(H,27,36)(H,28,31,37)/t9-,10+,11+,14+,15-,16+,17+,18-,22-,23-/m1/s1/i1+1,2+1,19+1. The lowest BCUT2D eigenvalue weighted by molar-refractivity contribution is -0.241. The Morgan fingerprint density at radius 3 is 2.59 bits per heavy atom. The summed E-state index contributed by atoms with van der Waals surface area (Å²) in [6.07, 6.45) is -9.19. The molecule has 2 saturated heterocycles. The van der Waals surface area contributed by atoms with E-state index in [9.17, 15) is 39.3 Å². The van der Waals surface area contributed by atoms with Crippen molar-refractivity contribution < 1.29 is 48.7 Å². The second-order valence-corrected chi connectivity index (χ2v) is 10.0. The van der Waals surface area contributed by atoms with E-state index in [-0.39, 0.29) is 11.9 Å². The summed E-state index contributed by atoms with van der Waals surface area (Å²) in [7, 11) is 1.19. The monoisotopic (exact) mass is 586 g/mol. The normalized spacial score (nSPS) is 34.5. The van der Waals surface area contributed by atoms with Crippen molar-refractivity contribution in [3.05, 3.63) is 44.9 Å². The summed E-state index contributed by atoms with van der Waals surface area (Å²) in [5, 5.41) is 37.0. The third-order valence-corrected chi connectivity index (χ3v) is 7.06. The van der Waals surface area contributed by atoms with Gasteiger partial charge in [-0.3, -0.25) is 28.7 Å². The minimum absolute atomic E-state index is 0.0651. The highest BCUT2D eigenvalue weighted by Crippen LogP contribution is 2.34. The second-order valence-electron chi connectivity index (χ2n) is 10.0. The number of H-pyrrole nitrogens is 1. The summed E-state index contributed by atoms with van der Waals surface area (Å²) >= 11 is 0. The third kappa shape index (κ3) is 6.50. The minimum Gasteiger partial charge on any atom is -0.456 e. The summed E-state index contributed by atoms with van der Waals surface area (Å²) < 4.78 is 22.9. The Morgan fingerprint density at radius 1 is 1.20 bits per heavy atom. The van der Waals surface area contributed by atoms with Gasteiger partial charge in [0.25, 0.3) is 11.5 Å². The Hall–Kier alpha value is -3.61. The smallest absolute Gasteiger partial charge is 0.330 e. The molecule has 1 aromatic heterocycles. The number of hydrogen-bond acceptors (Lipinski definition) is 12. The van der Waals surface area contributed by atoms with Gasteiger partial charge in [-0.25, -0.2) is 4.79 Å². The Labute approximate surface area is 232 Å².